The van der Waals surface area contributed by atoms with Gasteiger partial charge in [0.15, 0.2) is 0 Å². The minimum absolute atomic E-state index is 0.335. The van der Waals surface area contributed by atoms with E-state index in [1.165, 1.54) is 16.9 Å². The highest BCUT2D eigenvalue weighted by Crippen LogP contribution is 2.28. The maximum atomic E-state index is 13.5. The summed E-state index contributed by atoms with van der Waals surface area (Å²) in [5.41, 5.74) is 0.228. The Balaban J connectivity index is 2.51. The predicted octanol–water partition coefficient (Wildman–Crippen LogP) is 1.52. The van der Waals surface area contributed by atoms with E-state index in [1.807, 2.05) is 0 Å². The van der Waals surface area contributed by atoms with Crippen molar-refractivity contribution in [2.24, 2.45) is 7.05 Å². The first-order chi connectivity index (χ1) is 7.93. The zero-order chi connectivity index (χ0) is 12.6. The van der Waals surface area contributed by atoms with E-state index < -0.39 is 5.60 Å². The summed E-state index contributed by atoms with van der Waals surface area (Å²) in [6.45, 7) is 3.27. The van der Waals surface area contributed by atoms with Gasteiger partial charge in [0, 0.05) is 7.05 Å². The van der Waals surface area contributed by atoms with Gasteiger partial charge < -0.3 is 5.11 Å². The van der Waals surface area contributed by atoms with Crippen LogP contribution in [0.5, 0.6) is 0 Å². The Morgan fingerprint density at radius 2 is 2.12 bits per heavy atom. The largest absolute Gasteiger partial charge is 0.379 e. The first-order valence-electron chi connectivity index (χ1n) is 5.27. The molecule has 17 heavy (non-hydrogen) atoms. The fraction of sp³-hybridized carbons (Fsp3) is 0.333. The van der Waals surface area contributed by atoms with Crippen molar-refractivity contribution in [1.29, 1.82) is 0 Å². The van der Waals surface area contributed by atoms with Crippen molar-refractivity contribution < 1.29 is 9.50 Å². The molecule has 0 bridgehead atoms. The van der Waals surface area contributed by atoms with Crippen LogP contribution in [0.3, 0.4) is 0 Å². The van der Waals surface area contributed by atoms with E-state index in [0.717, 1.165) is 0 Å². The molecule has 0 aliphatic rings. The van der Waals surface area contributed by atoms with Crippen LogP contribution in [0.2, 0.25) is 0 Å². The molecule has 1 heterocycles. The number of nitrogens with zero attached hydrogens (tertiary/aromatic N) is 3. The van der Waals surface area contributed by atoms with E-state index in [4.69, 9.17) is 0 Å². The molecule has 4 nitrogen and oxygen atoms in total. The summed E-state index contributed by atoms with van der Waals surface area (Å²) in [5, 5.41) is 17.9. The first kappa shape index (κ1) is 11.7. The van der Waals surface area contributed by atoms with Crippen LogP contribution in [0.4, 0.5) is 4.39 Å². The fourth-order valence-corrected chi connectivity index (χ4v) is 1.77. The van der Waals surface area contributed by atoms with Crippen LogP contribution in [0.1, 0.15) is 23.7 Å². The van der Waals surface area contributed by atoms with Crippen molar-refractivity contribution in [3.8, 4) is 0 Å². The molecule has 1 aromatic heterocycles. The quantitative estimate of drug-likeness (QED) is 0.858. The minimum Gasteiger partial charge on any atom is -0.379 e. The third-order valence-corrected chi connectivity index (χ3v) is 2.95. The van der Waals surface area contributed by atoms with Crippen LogP contribution in [0.25, 0.3) is 0 Å². The molecular formula is C12H14FN3O. The Bertz CT molecular complexity index is 548. The average molecular weight is 235 g/mol. The van der Waals surface area contributed by atoms with Gasteiger partial charge in [0.1, 0.15) is 11.4 Å². The lowest BCUT2D eigenvalue weighted by Gasteiger charge is -2.23. The molecule has 2 rings (SSSR count). The van der Waals surface area contributed by atoms with E-state index in [1.54, 1.807) is 33.0 Å². The smallest absolute Gasteiger partial charge is 0.130 e. The molecule has 2 aromatic rings. The lowest BCUT2D eigenvalue weighted by Crippen LogP contribution is -2.26. The molecule has 0 spiro atoms. The second kappa shape index (κ2) is 3.92. The standard InChI is InChI=1S/C12H14FN3O/c1-8-4-5-9(6-10(8)13)12(2,17)11-7-14-15-16(11)3/h4-7,17H,1-3H3. The predicted molar refractivity (Wildman–Crippen MR) is 60.8 cm³/mol. The van der Waals surface area contributed by atoms with Gasteiger partial charge in [-0.05, 0) is 31.0 Å². The second-order valence-electron chi connectivity index (χ2n) is 4.28. The van der Waals surface area contributed by atoms with Crippen molar-refractivity contribution in [3.63, 3.8) is 0 Å². The topological polar surface area (TPSA) is 50.9 Å². The molecular weight excluding hydrogens is 221 g/mol. The molecule has 0 aliphatic heterocycles. The molecule has 0 radical (unpaired) electrons. The van der Waals surface area contributed by atoms with Crippen molar-refractivity contribution in [1.82, 2.24) is 15.0 Å². The van der Waals surface area contributed by atoms with Crippen LogP contribution >= 0.6 is 0 Å². The lowest BCUT2D eigenvalue weighted by molar-refractivity contribution is 0.0925. The molecule has 0 saturated carbocycles. The van der Waals surface area contributed by atoms with Crippen LogP contribution in [0, 0.1) is 12.7 Å². The van der Waals surface area contributed by atoms with Gasteiger partial charge in [-0.15, -0.1) is 5.10 Å². The van der Waals surface area contributed by atoms with Crippen molar-refractivity contribution in [2.45, 2.75) is 19.4 Å². The third-order valence-electron chi connectivity index (χ3n) is 2.95. The molecule has 1 atom stereocenters. The highest BCUT2D eigenvalue weighted by atomic mass is 19.1. The van der Waals surface area contributed by atoms with Gasteiger partial charge >= 0.3 is 0 Å². The Kier molecular flexibility index (Phi) is 2.71. The van der Waals surface area contributed by atoms with E-state index in [0.29, 0.717) is 16.8 Å². The van der Waals surface area contributed by atoms with Gasteiger partial charge in [-0.1, -0.05) is 17.3 Å². The van der Waals surface area contributed by atoms with Crippen molar-refractivity contribution >= 4 is 0 Å². The zero-order valence-electron chi connectivity index (χ0n) is 9.98. The van der Waals surface area contributed by atoms with Gasteiger partial charge in [0.2, 0.25) is 0 Å². The van der Waals surface area contributed by atoms with Crippen LogP contribution in [-0.2, 0) is 12.6 Å². The maximum absolute atomic E-state index is 13.5. The summed E-state index contributed by atoms with van der Waals surface area (Å²) in [4.78, 5) is 0. The molecule has 1 N–H and O–H groups in total. The van der Waals surface area contributed by atoms with E-state index >= 15 is 0 Å². The highest BCUT2D eigenvalue weighted by molar-refractivity contribution is 5.33. The van der Waals surface area contributed by atoms with Crippen LogP contribution in [0.15, 0.2) is 24.4 Å². The van der Waals surface area contributed by atoms with Gasteiger partial charge in [-0.25, -0.2) is 9.07 Å². The molecule has 0 amide bonds. The second-order valence-corrected chi connectivity index (χ2v) is 4.28. The minimum atomic E-state index is -1.31. The summed E-state index contributed by atoms with van der Waals surface area (Å²) in [5.74, 6) is -0.335. The molecule has 0 saturated heterocycles. The number of hydrogen-bond donors (Lipinski definition) is 1. The van der Waals surface area contributed by atoms with Gasteiger partial charge in [0.25, 0.3) is 0 Å². The molecule has 5 heteroatoms. The van der Waals surface area contributed by atoms with E-state index in [-0.39, 0.29) is 5.82 Å². The molecule has 1 aromatic carbocycles. The van der Waals surface area contributed by atoms with Crippen molar-refractivity contribution in [3.05, 3.63) is 47.0 Å². The Morgan fingerprint density at radius 1 is 1.41 bits per heavy atom. The van der Waals surface area contributed by atoms with E-state index in [9.17, 15) is 9.50 Å². The summed E-state index contributed by atoms with van der Waals surface area (Å²) in [6, 6.07) is 4.68. The average Bonchev–Trinajstić information content (AvgIpc) is 2.69. The number of hydrogen-bond acceptors (Lipinski definition) is 3. The van der Waals surface area contributed by atoms with Gasteiger partial charge in [-0.2, -0.15) is 0 Å². The lowest BCUT2D eigenvalue weighted by atomic mass is 9.92. The summed E-state index contributed by atoms with van der Waals surface area (Å²) in [6.07, 6.45) is 1.47. The number of benzene rings is 1. The van der Waals surface area contributed by atoms with Crippen molar-refractivity contribution in [2.75, 3.05) is 0 Å². The summed E-state index contributed by atoms with van der Waals surface area (Å²) < 4.78 is 15.0. The number of aryl methyl sites for hydroxylation is 2. The van der Waals surface area contributed by atoms with E-state index in [2.05, 4.69) is 10.3 Å². The Labute approximate surface area is 98.7 Å². The SMILES string of the molecule is Cc1ccc(C(C)(O)c2cnnn2C)cc1F. The number of aliphatic hydroxyl groups is 1. The maximum Gasteiger partial charge on any atom is 0.130 e. The van der Waals surface area contributed by atoms with Gasteiger partial charge in [0.05, 0.1) is 11.9 Å². The highest BCUT2D eigenvalue weighted by Gasteiger charge is 2.29. The number of aromatic nitrogens is 3. The Hall–Kier alpha value is -1.75. The monoisotopic (exact) mass is 235 g/mol. The number of halogens is 1. The molecule has 90 valence electrons. The van der Waals surface area contributed by atoms with Crippen LogP contribution < -0.4 is 0 Å². The van der Waals surface area contributed by atoms with Gasteiger partial charge in [-0.3, -0.25) is 0 Å². The Morgan fingerprint density at radius 3 is 2.65 bits per heavy atom. The normalized spacial score (nSPS) is 14.6. The molecule has 1 unspecified atom stereocenters. The summed E-state index contributed by atoms with van der Waals surface area (Å²) >= 11 is 0. The molecule has 0 aliphatic carbocycles. The summed E-state index contributed by atoms with van der Waals surface area (Å²) in [7, 11) is 1.68. The fourth-order valence-electron chi connectivity index (χ4n) is 1.77. The molecule has 0 fully saturated rings. The number of rotatable bonds is 2. The third kappa shape index (κ3) is 1.93. The van der Waals surface area contributed by atoms with Crippen LogP contribution in [-0.4, -0.2) is 20.1 Å². The zero-order valence-corrected chi connectivity index (χ0v) is 9.98. The first-order valence-corrected chi connectivity index (χ1v) is 5.27.